The van der Waals surface area contributed by atoms with Crippen molar-refractivity contribution in [3.63, 3.8) is 0 Å². The number of nitrogens with zero attached hydrogens (tertiary/aromatic N) is 1. The van der Waals surface area contributed by atoms with Gasteiger partial charge in [0.2, 0.25) is 5.91 Å². The molecule has 0 saturated carbocycles. The van der Waals surface area contributed by atoms with Gasteiger partial charge in [0.15, 0.2) is 0 Å². The van der Waals surface area contributed by atoms with E-state index in [1.54, 1.807) is 0 Å². The number of rotatable bonds is 5. The van der Waals surface area contributed by atoms with Crippen molar-refractivity contribution in [2.45, 2.75) is 45.6 Å². The van der Waals surface area contributed by atoms with Crippen LogP contribution in [0.3, 0.4) is 0 Å². The van der Waals surface area contributed by atoms with Crippen LogP contribution in [0, 0.1) is 12.8 Å². The summed E-state index contributed by atoms with van der Waals surface area (Å²) >= 11 is 0. The molecule has 1 aliphatic rings. The van der Waals surface area contributed by atoms with Crippen LogP contribution in [0.2, 0.25) is 0 Å². The van der Waals surface area contributed by atoms with Crippen molar-refractivity contribution >= 4 is 5.91 Å². The van der Waals surface area contributed by atoms with Crippen LogP contribution in [0.25, 0.3) is 0 Å². The molecule has 1 fully saturated rings. The second-order valence-corrected chi connectivity index (χ2v) is 5.49. The van der Waals surface area contributed by atoms with Crippen LogP contribution >= 0.6 is 0 Å². The van der Waals surface area contributed by atoms with Crippen LogP contribution in [-0.2, 0) is 11.2 Å². The zero-order valence-electron chi connectivity index (χ0n) is 11.8. The average molecular weight is 264 g/mol. The SMILES string of the molecule is Cc1[nH]ncc1CCCNC(=O)[C@H]1CCN[C@@H](C)C1. The fraction of sp³-hybridized carbons (Fsp3) is 0.714. The highest BCUT2D eigenvalue weighted by Gasteiger charge is 2.24. The summed E-state index contributed by atoms with van der Waals surface area (Å²) in [4.78, 5) is 12.0. The lowest BCUT2D eigenvalue weighted by Crippen LogP contribution is -2.42. The van der Waals surface area contributed by atoms with Crippen LogP contribution in [0.1, 0.15) is 37.4 Å². The number of aromatic amines is 1. The fourth-order valence-electron chi connectivity index (χ4n) is 2.63. The van der Waals surface area contributed by atoms with Crippen molar-refractivity contribution in [3.05, 3.63) is 17.5 Å². The van der Waals surface area contributed by atoms with E-state index in [4.69, 9.17) is 0 Å². The molecule has 2 atom stereocenters. The summed E-state index contributed by atoms with van der Waals surface area (Å²) < 4.78 is 0. The molecule has 1 amide bonds. The zero-order valence-corrected chi connectivity index (χ0v) is 11.8. The van der Waals surface area contributed by atoms with Gasteiger partial charge in [0, 0.05) is 24.2 Å². The van der Waals surface area contributed by atoms with Crippen LogP contribution in [0.15, 0.2) is 6.20 Å². The first-order valence-electron chi connectivity index (χ1n) is 7.16. The Hall–Kier alpha value is -1.36. The molecule has 1 aromatic heterocycles. The molecule has 5 nitrogen and oxygen atoms in total. The van der Waals surface area contributed by atoms with Gasteiger partial charge in [-0.25, -0.2) is 0 Å². The largest absolute Gasteiger partial charge is 0.356 e. The minimum atomic E-state index is 0.187. The molecular weight excluding hydrogens is 240 g/mol. The van der Waals surface area contributed by atoms with E-state index in [1.165, 1.54) is 5.56 Å². The van der Waals surface area contributed by atoms with E-state index in [1.807, 2.05) is 13.1 Å². The Labute approximate surface area is 114 Å². The first kappa shape index (κ1) is 14.1. The molecule has 5 heteroatoms. The van der Waals surface area contributed by atoms with Crippen molar-refractivity contribution in [2.75, 3.05) is 13.1 Å². The molecule has 106 valence electrons. The Morgan fingerprint density at radius 3 is 3.11 bits per heavy atom. The number of carbonyl (C=O) groups is 1. The van der Waals surface area contributed by atoms with Crippen molar-refractivity contribution in [1.82, 2.24) is 20.8 Å². The van der Waals surface area contributed by atoms with E-state index < -0.39 is 0 Å². The number of carbonyl (C=O) groups excluding carboxylic acids is 1. The third-order valence-electron chi connectivity index (χ3n) is 3.85. The Morgan fingerprint density at radius 1 is 1.58 bits per heavy atom. The van der Waals surface area contributed by atoms with Crippen LogP contribution in [-0.4, -0.2) is 35.2 Å². The van der Waals surface area contributed by atoms with Gasteiger partial charge >= 0.3 is 0 Å². The van der Waals surface area contributed by atoms with Gasteiger partial charge in [-0.05, 0) is 51.6 Å². The first-order valence-corrected chi connectivity index (χ1v) is 7.16. The molecule has 0 aliphatic carbocycles. The Bertz CT molecular complexity index is 415. The number of nitrogens with one attached hydrogen (secondary N) is 3. The van der Waals surface area contributed by atoms with Gasteiger partial charge in [-0.2, -0.15) is 5.10 Å². The molecule has 0 aromatic carbocycles. The minimum absolute atomic E-state index is 0.187. The number of H-pyrrole nitrogens is 1. The Balaban J connectivity index is 1.65. The molecule has 0 bridgehead atoms. The van der Waals surface area contributed by atoms with Gasteiger partial charge < -0.3 is 10.6 Å². The zero-order chi connectivity index (χ0) is 13.7. The lowest BCUT2D eigenvalue weighted by atomic mass is 9.92. The third kappa shape index (κ3) is 4.06. The van der Waals surface area contributed by atoms with Crippen LogP contribution in [0.5, 0.6) is 0 Å². The number of aryl methyl sites for hydroxylation is 2. The molecule has 1 aromatic rings. The summed E-state index contributed by atoms with van der Waals surface area (Å²) in [6.07, 6.45) is 5.70. The van der Waals surface area contributed by atoms with Gasteiger partial charge in [-0.1, -0.05) is 0 Å². The number of hydrogen-bond donors (Lipinski definition) is 3. The monoisotopic (exact) mass is 264 g/mol. The van der Waals surface area contributed by atoms with E-state index >= 15 is 0 Å². The maximum atomic E-state index is 12.0. The maximum absolute atomic E-state index is 12.0. The molecular formula is C14H24N4O. The van der Waals surface area contributed by atoms with E-state index in [-0.39, 0.29) is 11.8 Å². The molecule has 1 saturated heterocycles. The highest BCUT2D eigenvalue weighted by Crippen LogP contribution is 2.16. The van der Waals surface area contributed by atoms with Gasteiger partial charge in [-0.15, -0.1) is 0 Å². The number of aromatic nitrogens is 2. The molecule has 1 aliphatic heterocycles. The molecule has 0 unspecified atom stereocenters. The molecule has 3 N–H and O–H groups in total. The van der Waals surface area contributed by atoms with E-state index in [0.29, 0.717) is 6.04 Å². The summed E-state index contributed by atoms with van der Waals surface area (Å²) in [5.41, 5.74) is 2.36. The normalized spacial score (nSPS) is 23.3. The highest BCUT2D eigenvalue weighted by atomic mass is 16.1. The number of piperidine rings is 1. The van der Waals surface area contributed by atoms with E-state index in [9.17, 15) is 4.79 Å². The topological polar surface area (TPSA) is 69.8 Å². The highest BCUT2D eigenvalue weighted by molar-refractivity contribution is 5.78. The second kappa shape index (κ2) is 6.70. The summed E-state index contributed by atoms with van der Waals surface area (Å²) in [6, 6.07) is 0.457. The van der Waals surface area contributed by atoms with Crippen LogP contribution in [0.4, 0.5) is 0 Å². The van der Waals surface area contributed by atoms with Gasteiger partial charge in [0.1, 0.15) is 0 Å². The standard InChI is InChI=1S/C14H24N4O/c1-10-8-12(5-7-15-10)14(19)16-6-3-4-13-9-17-18-11(13)2/h9-10,12,15H,3-8H2,1-2H3,(H,16,19)(H,17,18)/t10-,12-/m0/s1. The third-order valence-corrected chi connectivity index (χ3v) is 3.85. The molecule has 2 rings (SSSR count). The second-order valence-electron chi connectivity index (χ2n) is 5.49. The predicted molar refractivity (Wildman–Crippen MR) is 74.8 cm³/mol. The molecule has 2 heterocycles. The summed E-state index contributed by atoms with van der Waals surface area (Å²) in [5, 5.41) is 13.4. The van der Waals surface area contributed by atoms with Crippen molar-refractivity contribution in [2.24, 2.45) is 5.92 Å². The predicted octanol–water partition coefficient (Wildman–Crippen LogP) is 1.16. The van der Waals surface area contributed by atoms with E-state index in [2.05, 4.69) is 27.8 Å². The van der Waals surface area contributed by atoms with E-state index in [0.717, 1.165) is 44.5 Å². The van der Waals surface area contributed by atoms with Crippen molar-refractivity contribution < 1.29 is 4.79 Å². The lowest BCUT2D eigenvalue weighted by Gasteiger charge is -2.27. The quantitative estimate of drug-likeness (QED) is 0.699. The van der Waals surface area contributed by atoms with Gasteiger partial charge in [-0.3, -0.25) is 9.89 Å². The summed E-state index contributed by atoms with van der Waals surface area (Å²) in [6.45, 7) is 5.87. The Kier molecular flexibility index (Phi) is 4.96. The number of hydrogen-bond acceptors (Lipinski definition) is 3. The summed E-state index contributed by atoms with van der Waals surface area (Å²) in [7, 11) is 0. The lowest BCUT2D eigenvalue weighted by molar-refractivity contribution is -0.126. The molecule has 0 radical (unpaired) electrons. The molecule has 19 heavy (non-hydrogen) atoms. The molecule has 0 spiro atoms. The maximum Gasteiger partial charge on any atom is 0.223 e. The van der Waals surface area contributed by atoms with Crippen LogP contribution < -0.4 is 10.6 Å². The van der Waals surface area contributed by atoms with Gasteiger partial charge in [0.25, 0.3) is 0 Å². The average Bonchev–Trinajstić information content (AvgIpc) is 2.80. The summed E-state index contributed by atoms with van der Waals surface area (Å²) in [5.74, 6) is 0.407. The fourth-order valence-corrected chi connectivity index (χ4v) is 2.63. The van der Waals surface area contributed by atoms with Crippen molar-refractivity contribution in [3.8, 4) is 0 Å². The number of amides is 1. The van der Waals surface area contributed by atoms with Crippen molar-refractivity contribution in [1.29, 1.82) is 0 Å². The minimum Gasteiger partial charge on any atom is -0.356 e. The van der Waals surface area contributed by atoms with Gasteiger partial charge in [0.05, 0.1) is 6.20 Å². The smallest absolute Gasteiger partial charge is 0.223 e. The first-order chi connectivity index (χ1) is 9.16. The Morgan fingerprint density at radius 2 is 2.42 bits per heavy atom.